The fourth-order valence-electron chi connectivity index (χ4n) is 3.49. The van der Waals surface area contributed by atoms with Gasteiger partial charge in [0.2, 0.25) is 5.91 Å². The summed E-state index contributed by atoms with van der Waals surface area (Å²) < 4.78 is 0. The Labute approximate surface area is 121 Å². The van der Waals surface area contributed by atoms with Crippen molar-refractivity contribution in [1.29, 1.82) is 0 Å². The molecule has 4 heteroatoms. The topological polar surface area (TPSA) is 23.6 Å². The molecule has 3 aliphatic rings. The monoisotopic (exact) mass is 282 g/mol. The highest BCUT2D eigenvalue weighted by Crippen LogP contribution is 2.29. The smallest absolute Gasteiger partial charge is 0.225 e. The van der Waals surface area contributed by atoms with E-state index in [1.807, 2.05) is 0 Å². The van der Waals surface area contributed by atoms with Gasteiger partial charge in [-0.05, 0) is 43.6 Å². The van der Waals surface area contributed by atoms with Crippen LogP contribution in [0.15, 0.2) is 0 Å². The van der Waals surface area contributed by atoms with E-state index >= 15 is 0 Å². The molecular weight excluding hydrogens is 256 g/mol. The van der Waals surface area contributed by atoms with Crippen molar-refractivity contribution < 1.29 is 4.79 Å². The highest BCUT2D eigenvalue weighted by atomic mass is 32.2. The van der Waals surface area contributed by atoms with Gasteiger partial charge in [-0.15, -0.1) is 0 Å². The number of carbonyl (C=O) groups excluding carboxylic acids is 1. The van der Waals surface area contributed by atoms with Crippen LogP contribution in [0.25, 0.3) is 0 Å². The van der Waals surface area contributed by atoms with Gasteiger partial charge in [0.05, 0.1) is 0 Å². The lowest BCUT2D eigenvalue weighted by Crippen LogP contribution is -2.43. The highest BCUT2D eigenvalue weighted by molar-refractivity contribution is 7.99. The standard InChI is InChI=1S/C15H26N2OS/c18-15(13-3-1-4-13)17-8-2-7-16(9-10-17)14-5-11-19-12-6-14/h13-14H,1-12H2. The van der Waals surface area contributed by atoms with Crippen LogP contribution in [0, 0.1) is 5.92 Å². The minimum Gasteiger partial charge on any atom is -0.341 e. The number of nitrogens with zero attached hydrogens (tertiary/aromatic N) is 2. The molecule has 2 aliphatic heterocycles. The molecule has 0 aromatic carbocycles. The second kappa shape index (κ2) is 6.49. The average Bonchev–Trinajstić information content (AvgIpc) is 2.63. The van der Waals surface area contributed by atoms with Crippen molar-refractivity contribution in [2.75, 3.05) is 37.7 Å². The zero-order chi connectivity index (χ0) is 13.1. The molecule has 19 heavy (non-hydrogen) atoms. The van der Waals surface area contributed by atoms with Gasteiger partial charge in [-0.3, -0.25) is 9.69 Å². The Morgan fingerprint density at radius 2 is 1.68 bits per heavy atom. The fraction of sp³-hybridized carbons (Fsp3) is 0.933. The Kier molecular flexibility index (Phi) is 4.69. The quantitative estimate of drug-likeness (QED) is 0.776. The molecule has 1 aliphatic carbocycles. The maximum Gasteiger partial charge on any atom is 0.225 e. The van der Waals surface area contributed by atoms with Crippen LogP contribution >= 0.6 is 11.8 Å². The molecule has 0 N–H and O–H groups in total. The SMILES string of the molecule is O=C(C1CCC1)N1CCCN(C2CCSCC2)CC1. The van der Waals surface area contributed by atoms with Gasteiger partial charge in [0.1, 0.15) is 0 Å². The van der Waals surface area contributed by atoms with Crippen LogP contribution in [-0.2, 0) is 4.79 Å². The average molecular weight is 282 g/mol. The summed E-state index contributed by atoms with van der Waals surface area (Å²) in [5.74, 6) is 3.47. The number of rotatable bonds is 2. The van der Waals surface area contributed by atoms with Crippen molar-refractivity contribution >= 4 is 17.7 Å². The summed E-state index contributed by atoms with van der Waals surface area (Å²) in [6.07, 6.45) is 7.40. The molecular formula is C15H26N2OS. The predicted molar refractivity (Wildman–Crippen MR) is 80.5 cm³/mol. The first-order valence-electron chi connectivity index (χ1n) is 7.95. The molecule has 3 fully saturated rings. The molecule has 0 bridgehead atoms. The second-order valence-corrected chi connectivity index (χ2v) is 7.41. The highest BCUT2D eigenvalue weighted by Gasteiger charge is 2.31. The second-order valence-electron chi connectivity index (χ2n) is 6.19. The summed E-state index contributed by atoms with van der Waals surface area (Å²) in [6.45, 7) is 4.27. The summed E-state index contributed by atoms with van der Waals surface area (Å²) in [6, 6.07) is 0.792. The molecule has 2 heterocycles. The molecule has 0 spiro atoms. The van der Waals surface area contributed by atoms with E-state index in [0.29, 0.717) is 11.8 Å². The van der Waals surface area contributed by atoms with Gasteiger partial charge in [-0.1, -0.05) is 6.42 Å². The summed E-state index contributed by atoms with van der Waals surface area (Å²) in [4.78, 5) is 17.1. The lowest BCUT2D eigenvalue weighted by molar-refractivity contribution is -0.138. The van der Waals surface area contributed by atoms with Crippen LogP contribution in [0.1, 0.15) is 38.5 Å². The molecule has 1 amide bonds. The van der Waals surface area contributed by atoms with Gasteiger partial charge < -0.3 is 4.90 Å². The van der Waals surface area contributed by atoms with Gasteiger partial charge >= 0.3 is 0 Å². The van der Waals surface area contributed by atoms with E-state index < -0.39 is 0 Å². The number of thioether (sulfide) groups is 1. The van der Waals surface area contributed by atoms with Crippen LogP contribution in [0.4, 0.5) is 0 Å². The van der Waals surface area contributed by atoms with E-state index in [2.05, 4.69) is 21.6 Å². The zero-order valence-corrected chi connectivity index (χ0v) is 12.7. The first kappa shape index (κ1) is 13.7. The predicted octanol–water partition coefficient (Wildman–Crippen LogP) is 2.22. The molecule has 0 aromatic rings. The van der Waals surface area contributed by atoms with Crippen LogP contribution in [-0.4, -0.2) is 59.4 Å². The Hall–Kier alpha value is -0.220. The third kappa shape index (κ3) is 3.27. The van der Waals surface area contributed by atoms with E-state index in [1.165, 1.54) is 43.7 Å². The Morgan fingerprint density at radius 3 is 2.37 bits per heavy atom. The molecule has 3 nitrogen and oxygen atoms in total. The number of hydrogen-bond acceptors (Lipinski definition) is 3. The van der Waals surface area contributed by atoms with Gasteiger partial charge in [-0.25, -0.2) is 0 Å². The van der Waals surface area contributed by atoms with Crippen molar-refractivity contribution in [1.82, 2.24) is 9.80 Å². The van der Waals surface area contributed by atoms with Gasteiger partial charge in [-0.2, -0.15) is 11.8 Å². The summed E-state index contributed by atoms with van der Waals surface area (Å²) >= 11 is 2.10. The molecule has 108 valence electrons. The first-order valence-corrected chi connectivity index (χ1v) is 9.10. The van der Waals surface area contributed by atoms with Gasteiger partial charge in [0, 0.05) is 38.1 Å². The van der Waals surface area contributed by atoms with E-state index in [9.17, 15) is 4.79 Å². The molecule has 2 saturated heterocycles. The van der Waals surface area contributed by atoms with E-state index in [0.717, 1.165) is 38.5 Å². The molecule has 1 saturated carbocycles. The third-order valence-electron chi connectivity index (χ3n) is 5.00. The third-order valence-corrected chi connectivity index (χ3v) is 6.05. The van der Waals surface area contributed by atoms with Crippen molar-refractivity contribution in [2.24, 2.45) is 5.92 Å². The summed E-state index contributed by atoms with van der Waals surface area (Å²) in [7, 11) is 0. The molecule has 0 radical (unpaired) electrons. The van der Waals surface area contributed by atoms with Gasteiger partial charge in [0.25, 0.3) is 0 Å². The first-order chi connectivity index (χ1) is 9.34. The van der Waals surface area contributed by atoms with Crippen LogP contribution in [0.5, 0.6) is 0 Å². The Morgan fingerprint density at radius 1 is 0.895 bits per heavy atom. The van der Waals surface area contributed by atoms with Crippen molar-refractivity contribution in [2.45, 2.75) is 44.6 Å². The van der Waals surface area contributed by atoms with Crippen LogP contribution in [0.3, 0.4) is 0 Å². The summed E-state index contributed by atoms with van der Waals surface area (Å²) in [5, 5.41) is 0. The van der Waals surface area contributed by atoms with Gasteiger partial charge in [0.15, 0.2) is 0 Å². The number of amides is 1. The van der Waals surface area contributed by atoms with Crippen LogP contribution in [0.2, 0.25) is 0 Å². The van der Waals surface area contributed by atoms with E-state index in [-0.39, 0.29) is 0 Å². The molecule has 0 aromatic heterocycles. The Bertz CT molecular complexity index is 313. The van der Waals surface area contributed by atoms with Crippen molar-refractivity contribution in [3.05, 3.63) is 0 Å². The Balaban J connectivity index is 1.51. The molecule has 3 rings (SSSR count). The zero-order valence-electron chi connectivity index (χ0n) is 11.9. The summed E-state index contributed by atoms with van der Waals surface area (Å²) in [5.41, 5.74) is 0. The van der Waals surface area contributed by atoms with Crippen molar-refractivity contribution in [3.8, 4) is 0 Å². The van der Waals surface area contributed by atoms with Crippen LogP contribution < -0.4 is 0 Å². The maximum absolute atomic E-state index is 12.3. The van der Waals surface area contributed by atoms with E-state index in [1.54, 1.807) is 0 Å². The lowest BCUT2D eigenvalue weighted by atomic mass is 9.84. The number of carbonyl (C=O) groups is 1. The normalized spacial score (nSPS) is 27.9. The van der Waals surface area contributed by atoms with Crippen molar-refractivity contribution in [3.63, 3.8) is 0 Å². The number of hydrogen-bond donors (Lipinski definition) is 0. The van der Waals surface area contributed by atoms with E-state index in [4.69, 9.17) is 0 Å². The maximum atomic E-state index is 12.3. The molecule has 0 atom stereocenters. The lowest BCUT2D eigenvalue weighted by Gasteiger charge is -2.34. The largest absolute Gasteiger partial charge is 0.341 e. The minimum atomic E-state index is 0.373. The fourth-order valence-corrected chi connectivity index (χ4v) is 4.57. The minimum absolute atomic E-state index is 0.373. The molecule has 0 unspecified atom stereocenters.